The van der Waals surface area contributed by atoms with Crippen molar-refractivity contribution in [1.82, 2.24) is 10.2 Å². The highest BCUT2D eigenvalue weighted by Gasteiger charge is 2.71. The van der Waals surface area contributed by atoms with Crippen molar-refractivity contribution in [3.05, 3.63) is 58.1 Å². The summed E-state index contributed by atoms with van der Waals surface area (Å²) in [7, 11) is 1.52. The number of aliphatic hydroxyl groups excluding tert-OH is 1. The third kappa shape index (κ3) is 2.87. The minimum absolute atomic E-state index is 0.0193. The Labute approximate surface area is 195 Å². The van der Waals surface area contributed by atoms with Gasteiger partial charge in [0.05, 0.1) is 37.3 Å². The number of hydrogen-bond donors (Lipinski definition) is 3. The summed E-state index contributed by atoms with van der Waals surface area (Å²) in [5.41, 5.74) is 0.984. The highest BCUT2D eigenvalue weighted by atomic mass is 35.5. The Morgan fingerprint density at radius 3 is 2.61 bits per heavy atom. The first-order valence-electron chi connectivity index (χ1n) is 10.8. The quantitative estimate of drug-likeness (QED) is 0.591. The van der Waals surface area contributed by atoms with Crippen LogP contribution in [-0.4, -0.2) is 47.0 Å². The number of nitrogens with zero attached hydrogens (tertiary/aromatic N) is 1. The van der Waals surface area contributed by atoms with E-state index in [2.05, 4.69) is 10.6 Å². The predicted molar refractivity (Wildman–Crippen MR) is 121 cm³/mol. The number of nitrogens with one attached hydrogen (secondary N) is 2. The Bertz CT molecular complexity index is 1200. The van der Waals surface area contributed by atoms with Crippen molar-refractivity contribution in [3.8, 4) is 5.75 Å². The van der Waals surface area contributed by atoms with E-state index < -0.39 is 47.2 Å². The Hall–Kier alpha value is -2.94. The van der Waals surface area contributed by atoms with Gasteiger partial charge in [-0.3, -0.25) is 24.6 Å². The van der Waals surface area contributed by atoms with Crippen LogP contribution in [0.25, 0.3) is 0 Å². The fraction of sp³-hybridized carbons (Fsp3) is 0.375. The monoisotopic (exact) mass is 469 g/mol. The van der Waals surface area contributed by atoms with Gasteiger partial charge in [-0.25, -0.2) is 0 Å². The van der Waals surface area contributed by atoms with E-state index in [-0.39, 0.29) is 6.54 Å². The van der Waals surface area contributed by atoms with Gasteiger partial charge >= 0.3 is 0 Å². The summed E-state index contributed by atoms with van der Waals surface area (Å²) in [4.78, 5) is 42.0. The maximum absolute atomic E-state index is 13.8. The molecule has 5 rings (SSSR count). The average molecular weight is 470 g/mol. The molecule has 8 nitrogen and oxygen atoms in total. The molecule has 33 heavy (non-hydrogen) atoms. The molecule has 0 radical (unpaired) electrons. The smallest absolute Gasteiger partial charge is 0.250 e. The van der Waals surface area contributed by atoms with Crippen molar-refractivity contribution in [2.24, 2.45) is 11.8 Å². The number of aliphatic hydroxyl groups is 1. The first-order chi connectivity index (χ1) is 15.7. The van der Waals surface area contributed by atoms with Gasteiger partial charge in [0.25, 0.3) is 0 Å². The summed E-state index contributed by atoms with van der Waals surface area (Å²) in [6.07, 6.45) is -0.968. The number of ether oxygens (including phenoxy) is 1. The molecule has 2 aromatic carbocycles. The van der Waals surface area contributed by atoms with E-state index in [9.17, 15) is 19.5 Å². The molecule has 2 saturated heterocycles. The lowest BCUT2D eigenvalue weighted by Crippen LogP contribution is -2.54. The average Bonchev–Trinajstić information content (AvgIpc) is 3.38. The zero-order chi connectivity index (χ0) is 23.7. The molecule has 5 atom stereocenters. The first-order valence-corrected chi connectivity index (χ1v) is 11.1. The van der Waals surface area contributed by atoms with Gasteiger partial charge in [-0.2, -0.15) is 0 Å². The topological polar surface area (TPSA) is 108 Å². The number of imide groups is 1. The van der Waals surface area contributed by atoms with Gasteiger partial charge in [0.15, 0.2) is 0 Å². The van der Waals surface area contributed by atoms with Crippen molar-refractivity contribution >= 4 is 35.0 Å². The van der Waals surface area contributed by atoms with Crippen molar-refractivity contribution in [3.63, 3.8) is 0 Å². The Morgan fingerprint density at radius 2 is 1.91 bits per heavy atom. The van der Waals surface area contributed by atoms with Crippen molar-refractivity contribution in [2.75, 3.05) is 12.4 Å². The number of hydrogen-bond acceptors (Lipinski definition) is 6. The van der Waals surface area contributed by atoms with Crippen LogP contribution in [0.2, 0.25) is 5.02 Å². The van der Waals surface area contributed by atoms with Crippen LogP contribution < -0.4 is 15.4 Å². The zero-order valence-corrected chi connectivity index (χ0v) is 19.1. The van der Waals surface area contributed by atoms with Crippen molar-refractivity contribution in [1.29, 1.82) is 0 Å². The number of amides is 3. The number of halogens is 1. The molecule has 3 amide bonds. The molecule has 2 aromatic rings. The highest BCUT2D eigenvalue weighted by molar-refractivity contribution is 6.32. The number of benzene rings is 2. The number of methoxy groups -OCH3 is 1. The molecule has 0 unspecified atom stereocenters. The van der Waals surface area contributed by atoms with Gasteiger partial charge in [0, 0.05) is 22.2 Å². The van der Waals surface area contributed by atoms with E-state index in [1.807, 2.05) is 0 Å². The lowest BCUT2D eigenvalue weighted by Gasteiger charge is -2.30. The highest BCUT2D eigenvalue weighted by Crippen LogP contribution is 2.54. The molecular formula is C24H24ClN3O5. The van der Waals surface area contributed by atoms with Crippen LogP contribution in [0.1, 0.15) is 23.6 Å². The van der Waals surface area contributed by atoms with Gasteiger partial charge in [-0.15, -0.1) is 0 Å². The molecule has 2 fully saturated rings. The second kappa shape index (κ2) is 7.55. The Morgan fingerprint density at radius 1 is 1.18 bits per heavy atom. The number of para-hydroxylation sites is 1. The number of likely N-dealkylation sites (tertiary alicyclic amines) is 1. The van der Waals surface area contributed by atoms with E-state index in [4.69, 9.17) is 16.3 Å². The van der Waals surface area contributed by atoms with E-state index in [1.54, 1.807) is 50.2 Å². The van der Waals surface area contributed by atoms with E-state index >= 15 is 0 Å². The van der Waals surface area contributed by atoms with Crippen molar-refractivity contribution < 1.29 is 24.2 Å². The van der Waals surface area contributed by atoms with Crippen LogP contribution in [0.4, 0.5) is 5.69 Å². The third-order valence-corrected chi connectivity index (χ3v) is 7.56. The summed E-state index contributed by atoms with van der Waals surface area (Å²) < 4.78 is 5.38. The van der Waals surface area contributed by atoms with Gasteiger partial charge in [0.1, 0.15) is 11.3 Å². The summed E-state index contributed by atoms with van der Waals surface area (Å²) in [6, 6.07) is 9.77. The number of carbonyl (C=O) groups excluding carboxylic acids is 3. The van der Waals surface area contributed by atoms with Crippen LogP contribution in [0, 0.1) is 18.8 Å². The lowest BCUT2D eigenvalue weighted by molar-refractivity contribution is -0.143. The summed E-state index contributed by atoms with van der Waals surface area (Å²) in [5, 5.41) is 17.1. The minimum atomic E-state index is -1.47. The summed E-state index contributed by atoms with van der Waals surface area (Å²) in [6.45, 7) is 3.36. The summed E-state index contributed by atoms with van der Waals surface area (Å²) >= 11 is 6.27. The zero-order valence-electron chi connectivity index (χ0n) is 18.4. The fourth-order valence-electron chi connectivity index (χ4n) is 5.55. The molecule has 3 aliphatic rings. The second-order valence-electron chi connectivity index (χ2n) is 8.85. The molecule has 172 valence electrons. The van der Waals surface area contributed by atoms with Crippen LogP contribution >= 0.6 is 11.6 Å². The molecular weight excluding hydrogens is 446 g/mol. The van der Waals surface area contributed by atoms with Gasteiger partial charge in [-0.05, 0) is 31.5 Å². The molecule has 9 heteroatoms. The van der Waals surface area contributed by atoms with E-state index in [0.29, 0.717) is 33.1 Å². The standard InChI is InChI=1S/C24H24ClN3O5/c1-11-15(25)9-8-14-19(11)26-23(32)24(14)18-17(20(27-24)12(2)29)21(30)28(22(18)31)10-13-6-4-5-7-16(13)33-3/h4-9,12,17-18,20,27,29H,10H2,1-3H3,(H,26,32)/t12-,17+,18+,20-,24-/m1/s1. The molecule has 0 bridgehead atoms. The molecule has 0 aromatic heterocycles. The first kappa shape index (κ1) is 21.9. The molecule has 0 saturated carbocycles. The Balaban J connectivity index is 1.63. The Kier molecular flexibility index (Phi) is 5.00. The van der Waals surface area contributed by atoms with Crippen molar-refractivity contribution in [2.45, 2.75) is 38.1 Å². The number of fused-ring (bicyclic) bond motifs is 4. The predicted octanol–water partition coefficient (Wildman–Crippen LogP) is 1.96. The maximum atomic E-state index is 13.8. The normalized spacial score (nSPS) is 28.8. The minimum Gasteiger partial charge on any atom is -0.496 e. The van der Waals surface area contributed by atoms with Crippen LogP contribution in [0.15, 0.2) is 36.4 Å². The SMILES string of the molecule is COc1ccccc1CN1C(=O)[C@@H]2[C@@H]([C@@H](C)O)N[C@@]3(C(=O)Nc4c3ccc(Cl)c4C)[C@@H]2C1=O. The largest absolute Gasteiger partial charge is 0.496 e. The summed E-state index contributed by atoms with van der Waals surface area (Å²) in [5.74, 6) is -2.63. The van der Waals surface area contributed by atoms with Gasteiger partial charge in [-0.1, -0.05) is 35.9 Å². The molecule has 3 heterocycles. The molecule has 0 aliphatic carbocycles. The van der Waals surface area contributed by atoms with E-state index in [0.717, 1.165) is 0 Å². The van der Waals surface area contributed by atoms with Gasteiger partial charge in [0.2, 0.25) is 17.7 Å². The molecule has 3 aliphatic heterocycles. The molecule has 1 spiro atoms. The maximum Gasteiger partial charge on any atom is 0.250 e. The number of rotatable bonds is 4. The third-order valence-electron chi connectivity index (χ3n) is 7.15. The number of anilines is 1. The molecule has 3 N–H and O–H groups in total. The van der Waals surface area contributed by atoms with Gasteiger partial charge < -0.3 is 15.2 Å². The lowest BCUT2D eigenvalue weighted by atomic mass is 9.76. The van der Waals surface area contributed by atoms with E-state index in [1.165, 1.54) is 12.0 Å². The number of carbonyl (C=O) groups is 3. The van der Waals surface area contributed by atoms with Crippen LogP contribution in [-0.2, 0) is 26.5 Å². The van der Waals surface area contributed by atoms with Crippen LogP contribution in [0.3, 0.4) is 0 Å². The fourth-order valence-corrected chi connectivity index (χ4v) is 5.71. The van der Waals surface area contributed by atoms with Crippen LogP contribution in [0.5, 0.6) is 5.75 Å². The second-order valence-corrected chi connectivity index (χ2v) is 9.25.